The zero-order valence-corrected chi connectivity index (χ0v) is 10.2. The number of halogens is 3. The Morgan fingerprint density at radius 2 is 2.16 bits per heavy atom. The van der Waals surface area contributed by atoms with Crippen molar-refractivity contribution in [1.29, 1.82) is 0 Å². The molecule has 0 bridgehead atoms. The summed E-state index contributed by atoms with van der Waals surface area (Å²) in [5.74, 6) is -1.46. The zero-order valence-electron chi connectivity index (χ0n) is 9.37. The molecule has 12 heteroatoms. The van der Waals surface area contributed by atoms with Crippen molar-refractivity contribution in [1.82, 2.24) is 20.2 Å². The van der Waals surface area contributed by atoms with Crippen molar-refractivity contribution in [2.24, 2.45) is 0 Å². The van der Waals surface area contributed by atoms with E-state index in [2.05, 4.69) is 22.1 Å². The molecule has 0 aromatic carbocycles. The molecule has 1 rings (SSSR count). The van der Waals surface area contributed by atoms with Crippen LogP contribution in [0.25, 0.3) is 0 Å². The number of aromatic nitrogens is 3. The molecule has 0 saturated heterocycles. The van der Waals surface area contributed by atoms with E-state index in [-0.39, 0.29) is 11.3 Å². The van der Waals surface area contributed by atoms with E-state index < -0.39 is 28.9 Å². The fourth-order valence-corrected chi connectivity index (χ4v) is 1.16. The average molecular weight is 299 g/mol. The molecule has 3 N–H and O–H groups in total. The van der Waals surface area contributed by atoms with Crippen molar-refractivity contribution >= 4 is 24.3 Å². The van der Waals surface area contributed by atoms with Crippen LogP contribution < -0.4 is 10.7 Å². The van der Waals surface area contributed by atoms with Gasteiger partial charge in [-0.05, 0) is 19.1 Å². The number of H-pyrrole nitrogens is 1. The lowest BCUT2D eigenvalue weighted by Crippen LogP contribution is -2.39. The van der Waals surface area contributed by atoms with E-state index in [0.717, 1.165) is 0 Å². The lowest BCUT2D eigenvalue weighted by molar-refractivity contribution is -0.146. The van der Waals surface area contributed by atoms with Gasteiger partial charge in [0, 0.05) is 0 Å². The topological polar surface area (TPSA) is 101 Å². The summed E-state index contributed by atoms with van der Waals surface area (Å²) in [4.78, 5) is 22.1. The lowest BCUT2D eigenvalue weighted by atomic mass is 10.6. The predicted octanol–water partition coefficient (Wildman–Crippen LogP) is 1.37. The Morgan fingerprint density at radius 1 is 1.53 bits per heavy atom. The minimum Gasteiger partial charge on any atom is -0.450 e. The molecule has 106 valence electrons. The van der Waals surface area contributed by atoms with Crippen molar-refractivity contribution in [2.75, 3.05) is 12.0 Å². The number of carbonyl (C=O) groups is 2. The fourth-order valence-electron chi connectivity index (χ4n) is 0.980. The van der Waals surface area contributed by atoms with E-state index in [9.17, 15) is 22.8 Å². The van der Waals surface area contributed by atoms with Gasteiger partial charge in [-0.15, -0.1) is 5.10 Å². The Balaban J connectivity index is 2.83. The van der Waals surface area contributed by atoms with Gasteiger partial charge in [-0.2, -0.15) is 13.2 Å². The van der Waals surface area contributed by atoms with E-state index in [4.69, 9.17) is 0 Å². The summed E-state index contributed by atoms with van der Waals surface area (Å²) in [6.45, 7) is 1.49. The quantitative estimate of drug-likeness (QED) is 0.716. The van der Waals surface area contributed by atoms with Crippen LogP contribution in [0.1, 0.15) is 12.7 Å². The zero-order chi connectivity index (χ0) is 14.6. The Morgan fingerprint density at radius 3 is 2.68 bits per heavy atom. The second kappa shape index (κ2) is 5.69. The molecule has 0 aliphatic carbocycles. The molecule has 0 unspecified atom stereocenters. The monoisotopic (exact) mass is 299 g/mol. The molecule has 19 heavy (non-hydrogen) atoms. The SMILES string of the molecule is CCOC(=O)NC(=O)Nn1c(C(F)(F)F)n[nH]c1=S. The highest BCUT2D eigenvalue weighted by molar-refractivity contribution is 7.71. The third-order valence-electron chi connectivity index (χ3n) is 1.63. The number of ether oxygens (including phenoxy) is 1. The lowest BCUT2D eigenvalue weighted by Gasteiger charge is -2.10. The second-order valence-corrected chi connectivity index (χ2v) is 3.36. The number of alkyl carbamates (subject to hydrolysis) is 1. The maximum Gasteiger partial charge on any atom is 0.453 e. The van der Waals surface area contributed by atoms with Gasteiger partial charge in [0.1, 0.15) is 0 Å². The standard InChI is InChI=1S/C7H8F3N5O3S/c1-2-18-6(17)11-4(16)14-15-3(7(8,9)10)12-13-5(15)19/h2H2,1H3,(H,13,19)(H2,11,14,16,17). The number of hydrogen-bond acceptors (Lipinski definition) is 5. The van der Waals surface area contributed by atoms with Crippen LogP contribution in [0, 0.1) is 4.77 Å². The van der Waals surface area contributed by atoms with Crippen LogP contribution in [-0.4, -0.2) is 33.6 Å². The summed E-state index contributed by atoms with van der Waals surface area (Å²) in [6, 6.07) is -1.25. The molecule has 0 atom stereocenters. The van der Waals surface area contributed by atoms with Crippen LogP contribution in [-0.2, 0) is 10.9 Å². The number of urea groups is 1. The molecule has 1 aromatic rings. The molecule has 1 heterocycles. The highest BCUT2D eigenvalue weighted by Gasteiger charge is 2.38. The van der Waals surface area contributed by atoms with Gasteiger partial charge in [0.2, 0.25) is 4.77 Å². The summed E-state index contributed by atoms with van der Waals surface area (Å²) >= 11 is 4.51. The second-order valence-electron chi connectivity index (χ2n) is 2.97. The molecule has 0 radical (unpaired) electrons. The van der Waals surface area contributed by atoms with Crippen molar-refractivity contribution in [2.45, 2.75) is 13.1 Å². The maximum absolute atomic E-state index is 12.5. The summed E-state index contributed by atoms with van der Waals surface area (Å²) in [7, 11) is 0. The highest BCUT2D eigenvalue weighted by Crippen LogP contribution is 2.26. The third-order valence-corrected chi connectivity index (χ3v) is 1.90. The average Bonchev–Trinajstić information content (AvgIpc) is 2.59. The molecule has 8 nitrogen and oxygen atoms in total. The van der Waals surface area contributed by atoms with Crippen molar-refractivity contribution in [3.63, 3.8) is 0 Å². The third kappa shape index (κ3) is 3.94. The van der Waals surface area contributed by atoms with Crippen molar-refractivity contribution in [3.8, 4) is 0 Å². The first-order valence-corrected chi connectivity index (χ1v) is 5.16. The molecular formula is C7H8F3N5O3S. The van der Waals surface area contributed by atoms with Gasteiger partial charge in [-0.1, -0.05) is 0 Å². The number of alkyl halides is 3. The van der Waals surface area contributed by atoms with Crippen LogP contribution in [0.15, 0.2) is 0 Å². The summed E-state index contributed by atoms with van der Waals surface area (Å²) in [6.07, 6.45) is -5.94. The largest absolute Gasteiger partial charge is 0.453 e. The Hall–Kier alpha value is -2.11. The first kappa shape index (κ1) is 14.9. The van der Waals surface area contributed by atoms with Crippen LogP contribution in [0.5, 0.6) is 0 Å². The number of hydrogen-bond donors (Lipinski definition) is 3. The van der Waals surface area contributed by atoms with Gasteiger partial charge in [0.05, 0.1) is 6.61 Å². The predicted molar refractivity (Wildman–Crippen MR) is 57.3 cm³/mol. The number of nitrogens with one attached hydrogen (secondary N) is 3. The van der Waals surface area contributed by atoms with Crippen LogP contribution in [0.2, 0.25) is 0 Å². The van der Waals surface area contributed by atoms with Crippen molar-refractivity contribution < 1.29 is 27.5 Å². The number of amides is 3. The first-order chi connectivity index (χ1) is 8.75. The summed E-state index contributed by atoms with van der Waals surface area (Å²) in [5.41, 5.74) is 1.70. The van der Waals surface area contributed by atoms with E-state index in [1.54, 1.807) is 10.7 Å². The maximum atomic E-state index is 12.5. The number of carbonyl (C=O) groups excluding carboxylic acids is 2. The van der Waals surface area contributed by atoms with E-state index in [0.29, 0.717) is 0 Å². The summed E-state index contributed by atoms with van der Waals surface area (Å²) < 4.78 is 41.5. The molecule has 0 aliphatic heterocycles. The molecule has 0 spiro atoms. The Labute approximate surface area is 108 Å². The van der Waals surface area contributed by atoms with Crippen LogP contribution in [0.3, 0.4) is 0 Å². The molecular weight excluding hydrogens is 291 g/mol. The van der Waals surface area contributed by atoms with Gasteiger partial charge in [0.25, 0.3) is 5.82 Å². The highest BCUT2D eigenvalue weighted by atomic mass is 32.1. The van der Waals surface area contributed by atoms with Gasteiger partial charge in [-0.25, -0.2) is 30.1 Å². The van der Waals surface area contributed by atoms with Gasteiger partial charge >= 0.3 is 18.3 Å². The molecule has 1 aromatic heterocycles. The van der Waals surface area contributed by atoms with Gasteiger partial charge < -0.3 is 4.74 Å². The molecule has 3 amide bonds. The number of rotatable bonds is 2. The Bertz CT molecular complexity index is 537. The normalized spacial score (nSPS) is 10.9. The number of nitrogens with zero attached hydrogens (tertiary/aromatic N) is 2. The van der Waals surface area contributed by atoms with Crippen LogP contribution >= 0.6 is 12.2 Å². The molecule has 0 saturated carbocycles. The summed E-state index contributed by atoms with van der Waals surface area (Å²) in [5, 5.41) is 6.42. The van der Waals surface area contributed by atoms with E-state index >= 15 is 0 Å². The van der Waals surface area contributed by atoms with E-state index in [1.807, 2.05) is 5.10 Å². The van der Waals surface area contributed by atoms with Crippen LogP contribution in [0.4, 0.5) is 22.8 Å². The first-order valence-electron chi connectivity index (χ1n) is 4.75. The minimum atomic E-state index is -4.83. The fraction of sp³-hybridized carbons (Fsp3) is 0.429. The Kier molecular flexibility index (Phi) is 4.47. The van der Waals surface area contributed by atoms with Crippen molar-refractivity contribution in [3.05, 3.63) is 10.6 Å². The van der Waals surface area contributed by atoms with Gasteiger partial charge in [0.15, 0.2) is 0 Å². The van der Waals surface area contributed by atoms with E-state index in [1.165, 1.54) is 6.92 Å². The molecule has 0 aliphatic rings. The number of imide groups is 1. The number of aromatic amines is 1. The minimum absolute atomic E-state index is 0.00193. The molecule has 0 fully saturated rings. The smallest absolute Gasteiger partial charge is 0.450 e. The van der Waals surface area contributed by atoms with Gasteiger partial charge in [-0.3, -0.25) is 0 Å².